The second-order valence-corrected chi connectivity index (χ2v) is 5.66. The maximum absolute atomic E-state index is 9.62. The van der Waals surface area contributed by atoms with E-state index in [4.69, 9.17) is 4.74 Å². The first-order valence-electron chi connectivity index (χ1n) is 6.70. The standard InChI is InChI=1S/C13H25NO2/c1-11-3-2-4-12(9-11)14-13(10-15)5-7-16-8-6-13/h11-12,14-15H,2-10H2,1H3. The molecule has 2 rings (SSSR count). The minimum absolute atomic E-state index is 0.0556. The number of nitrogens with one attached hydrogen (secondary N) is 1. The zero-order valence-corrected chi connectivity index (χ0v) is 10.4. The van der Waals surface area contributed by atoms with Crippen molar-refractivity contribution in [3.8, 4) is 0 Å². The normalized spacial score (nSPS) is 34.9. The molecule has 2 aliphatic rings. The highest BCUT2D eigenvalue weighted by atomic mass is 16.5. The second kappa shape index (κ2) is 5.48. The average Bonchev–Trinajstić information content (AvgIpc) is 2.30. The van der Waals surface area contributed by atoms with E-state index >= 15 is 0 Å². The van der Waals surface area contributed by atoms with Crippen LogP contribution in [0.15, 0.2) is 0 Å². The van der Waals surface area contributed by atoms with Crippen molar-refractivity contribution in [2.24, 2.45) is 5.92 Å². The lowest BCUT2D eigenvalue weighted by atomic mass is 9.83. The Kier molecular flexibility index (Phi) is 4.22. The number of rotatable bonds is 3. The van der Waals surface area contributed by atoms with E-state index in [9.17, 15) is 5.11 Å². The molecule has 0 radical (unpaired) electrons. The van der Waals surface area contributed by atoms with Crippen molar-refractivity contribution in [2.45, 2.75) is 57.0 Å². The Balaban J connectivity index is 1.89. The van der Waals surface area contributed by atoms with E-state index in [1.807, 2.05) is 0 Å². The quantitative estimate of drug-likeness (QED) is 0.771. The SMILES string of the molecule is CC1CCCC(NC2(CO)CCOCC2)C1. The number of aliphatic hydroxyl groups is 1. The van der Waals surface area contributed by atoms with Gasteiger partial charge in [0.2, 0.25) is 0 Å². The highest BCUT2D eigenvalue weighted by molar-refractivity contribution is 4.93. The van der Waals surface area contributed by atoms with Gasteiger partial charge in [-0.05, 0) is 31.6 Å². The van der Waals surface area contributed by atoms with E-state index in [1.165, 1.54) is 25.7 Å². The van der Waals surface area contributed by atoms with Gasteiger partial charge >= 0.3 is 0 Å². The summed E-state index contributed by atoms with van der Waals surface area (Å²) in [6.45, 7) is 4.16. The molecule has 1 saturated carbocycles. The van der Waals surface area contributed by atoms with Crippen LogP contribution in [-0.2, 0) is 4.74 Å². The van der Waals surface area contributed by atoms with Crippen molar-refractivity contribution in [3.63, 3.8) is 0 Å². The van der Waals surface area contributed by atoms with Crippen LogP contribution >= 0.6 is 0 Å². The fourth-order valence-corrected chi connectivity index (χ4v) is 3.11. The monoisotopic (exact) mass is 227 g/mol. The molecule has 1 aliphatic carbocycles. The predicted octanol–water partition coefficient (Wildman–Crippen LogP) is 1.70. The number of ether oxygens (including phenoxy) is 1. The van der Waals surface area contributed by atoms with Gasteiger partial charge in [0.25, 0.3) is 0 Å². The maximum atomic E-state index is 9.62. The van der Waals surface area contributed by atoms with E-state index in [2.05, 4.69) is 12.2 Å². The Morgan fingerprint density at radius 1 is 1.31 bits per heavy atom. The molecule has 3 heteroatoms. The summed E-state index contributed by atoms with van der Waals surface area (Å²) in [5.74, 6) is 0.835. The van der Waals surface area contributed by atoms with Crippen LogP contribution in [0, 0.1) is 5.92 Å². The molecule has 2 atom stereocenters. The lowest BCUT2D eigenvalue weighted by Gasteiger charge is -2.41. The summed E-state index contributed by atoms with van der Waals surface area (Å²) in [7, 11) is 0. The van der Waals surface area contributed by atoms with Crippen molar-refractivity contribution in [3.05, 3.63) is 0 Å². The smallest absolute Gasteiger partial charge is 0.0615 e. The Morgan fingerprint density at radius 2 is 2.06 bits per heavy atom. The van der Waals surface area contributed by atoms with Gasteiger partial charge in [0.05, 0.1) is 6.61 Å². The molecule has 1 heterocycles. The first kappa shape index (κ1) is 12.3. The highest BCUT2D eigenvalue weighted by Gasteiger charge is 2.34. The molecule has 0 aromatic rings. The van der Waals surface area contributed by atoms with Crippen molar-refractivity contribution in [1.82, 2.24) is 5.32 Å². The zero-order valence-electron chi connectivity index (χ0n) is 10.4. The molecule has 1 saturated heterocycles. The van der Waals surface area contributed by atoms with Gasteiger partial charge in [-0.25, -0.2) is 0 Å². The summed E-state index contributed by atoms with van der Waals surface area (Å²) < 4.78 is 5.39. The largest absolute Gasteiger partial charge is 0.394 e. The average molecular weight is 227 g/mol. The number of aliphatic hydroxyl groups excluding tert-OH is 1. The third-order valence-corrected chi connectivity index (χ3v) is 4.20. The van der Waals surface area contributed by atoms with Gasteiger partial charge in [-0.2, -0.15) is 0 Å². The minimum Gasteiger partial charge on any atom is -0.394 e. The van der Waals surface area contributed by atoms with Gasteiger partial charge in [-0.1, -0.05) is 19.8 Å². The Bertz CT molecular complexity index is 214. The molecule has 3 nitrogen and oxygen atoms in total. The van der Waals surface area contributed by atoms with E-state index in [-0.39, 0.29) is 12.1 Å². The van der Waals surface area contributed by atoms with Crippen molar-refractivity contribution in [1.29, 1.82) is 0 Å². The molecule has 2 N–H and O–H groups in total. The summed E-state index contributed by atoms with van der Waals surface area (Å²) in [6, 6.07) is 0.606. The van der Waals surface area contributed by atoms with Crippen LogP contribution < -0.4 is 5.32 Å². The van der Waals surface area contributed by atoms with Crippen molar-refractivity contribution in [2.75, 3.05) is 19.8 Å². The fourth-order valence-electron chi connectivity index (χ4n) is 3.11. The van der Waals surface area contributed by atoms with Crippen LogP contribution in [0.1, 0.15) is 45.4 Å². The Hall–Kier alpha value is -0.120. The molecule has 0 spiro atoms. The lowest BCUT2D eigenvalue weighted by molar-refractivity contribution is 0.00311. The van der Waals surface area contributed by atoms with E-state index in [0.29, 0.717) is 6.04 Å². The molecule has 1 aliphatic heterocycles. The van der Waals surface area contributed by atoms with Crippen molar-refractivity contribution >= 4 is 0 Å². The minimum atomic E-state index is -0.0556. The van der Waals surface area contributed by atoms with Gasteiger partial charge in [0.1, 0.15) is 0 Å². The first-order valence-corrected chi connectivity index (χ1v) is 6.70. The summed E-state index contributed by atoms with van der Waals surface area (Å²) in [6.07, 6.45) is 7.14. The number of hydrogen-bond donors (Lipinski definition) is 2. The summed E-state index contributed by atoms with van der Waals surface area (Å²) in [5, 5.41) is 13.3. The van der Waals surface area contributed by atoms with Crippen LogP contribution in [0.25, 0.3) is 0 Å². The molecule has 16 heavy (non-hydrogen) atoms. The first-order chi connectivity index (χ1) is 7.74. The van der Waals surface area contributed by atoms with Crippen LogP contribution in [0.3, 0.4) is 0 Å². The van der Waals surface area contributed by atoms with Crippen LogP contribution in [0.5, 0.6) is 0 Å². The fraction of sp³-hybridized carbons (Fsp3) is 1.00. The zero-order chi connectivity index (χ0) is 11.4. The number of hydrogen-bond acceptors (Lipinski definition) is 3. The second-order valence-electron chi connectivity index (χ2n) is 5.66. The van der Waals surface area contributed by atoms with Crippen LogP contribution in [0.4, 0.5) is 0 Å². The molecule has 94 valence electrons. The summed E-state index contributed by atoms with van der Waals surface area (Å²) >= 11 is 0. The van der Waals surface area contributed by atoms with Crippen LogP contribution in [0.2, 0.25) is 0 Å². The third-order valence-electron chi connectivity index (χ3n) is 4.20. The van der Waals surface area contributed by atoms with Gasteiger partial charge in [-0.3, -0.25) is 0 Å². The van der Waals surface area contributed by atoms with E-state index in [1.54, 1.807) is 0 Å². The van der Waals surface area contributed by atoms with Gasteiger partial charge < -0.3 is 15.2 Å². The van der Waals surface area contributed by atoms with E-state index in [0.717, 1.165) is 32.0 Å². The van der Waals surface area contributed by atoms with Gasteiger partial charge in [-0.15, -0.1) is 0 Å². The topological polar surface area (TPSA) is 41.5 Å². The van der Waals surface area contributed by atoms with Crippen molar-refractivity contribution < 1.29 is 9.84 Å². The Morgan fingerprint density at radius 3 is 2.69 bits per heavy atom. The maximum Gasteiger partial charge on any atom is 0.0615 e. The molecular weight excluding hydrogens is 202 g/mol. The predicted molar refractivity (Wildman–Crippen MR) is 64.4 cm³/mol. The molecular formula is C13H25NO2. The molecule has 0 amide bonds. The van der Waals surface area contributed by atoms with Gasteiger partial charge in [0.15, 0.2) is 0 Å². The molecule has 2 fully saturated rings. The molecule has 2 unspecified atom stereocenters. The summed E-state index contributed by atoms with van der Waals surface area (Å²) in [4.78, 5) is 0. The van der Waals surface area contributed by atoms with Gasteiger partial charge in [0, 0.05) is 24.8 Å². The molecule has 0 aromatic carbocycles. The molecule has 0 aromatic heterocycles. The van der Waals surface area contributed by atoms with Crippen LogP contribution in [-0.4, -0.2) is 36.5 Å². The third kappa shape index (κ3) is 2.96. The summed E-state index contributed by atoms with van der Waals surface area (Å²) in [5.41, 5.74) is -0.0556. The molecule has 0 bridgehead atoms. The highest BCUT2D eigenvalue weighted by Crippen LogP contribution is 2.28. The lowest BCUT2D eigenvalue weighted by Crippen LogP contribution is -2.56. The Labute approximate surface area is 98.6 Å². The van der Waals surface area contributed by atoms with E-state index < -0.39 is 0 Å².